The predicted octanol–water partition coefficient (Wildman–Crippen LogP) is 5.37. The maximum atomic E-state index is 13.5. The number of hydrogen-bond acceptors (Lipinski definition) is 5. The van der Waals surface area contributed by atoms with E-state index in [2.05, 4.69) is 58.7 Å². The average molecular weight is 442 g/mol. The molecule has 5 nitrogen and oxygen atoms in total. The lowest BCUT2D eigenvalue weighted by Gasteiger charge is -2.22. The highest BCUT2D eigenvalue weighted by Gasteiger charge is 2.15. The summed E-state index contributed by atoms with van der Waals surface area (Å²) in [7, 11) is 0. The highest BCUT2D eigenvalue weighted by atomic mass is 19.1. The summed E-state index contributed by atoms with van der Waals surface area (Å²) in [6.45, 7) is 4.97. The van der Waals surface area contributed by atoms with Gasteiger partial charge >= 0.3 is 0 Å². The van der Waals surface area contributed by atoms with E-state index >= 15 is 0 Å². The van der Waals surface area contributed by atoms with E-state index in [9.17, 15) is 4.39 Å². The Morgan fingerprint density at radius 1 is 0.879 bits per heavy atom. The van der Waals surface area contributed by atoms with E-state index in [1.165, 1.54) is 17.7 Å². The number of pyridine rings is 1. The zero-order chi connectivity index (χ0) is 23.0. The second-order valence-electron chi connectivity index (χ2n) is 8.29. The van der Waals surface area contributed by atoms with Crippen LogP contribution in [-0.4, -0.2) is 33.6 Å². The lowest BCUT2D eigenvalue weighted by Crippen LogP contribution is -2.41. The average Bonchev–Trinajstić information content (AvgIpc) is 2.84. The van der Waals surface area contributed by atoms with E-state index in [1.54, 1.807) is 30.7 Å². The molecular formula is C27H28FN5. The van der Waals surface area contributed by atoms with Crippen LogP contribution in [0.25, 0.3) is 22.4 Å². The minimum atomic E-state index is -0.273. The predicted molar refractivity (Wildman–Crippen MR) is 131 cm³/mol. The number of anilines is 1. The lowest BCUT2D eigenvalue weighted by molar-refractivity contribution is 0.473. The Bertz CT molecular complexity index is 1150. The summed E-state index contributed by atoms with van der Waals surface area (Å²) in [5.74, 6) is 0.279. The standard InChI is InChI=1S/C27H28FN5/c1-19(2)32-24(16-20-6-4-3-5-7-20)17-30-27-31-18-25(21-8-10-23(28)11-9-21)26(33-27)22-12-14-29-15-13-22/h3-15,18-19,24,32H,16-17H2,1-2H3,(H,30,31,33). The number of hydrogen-bond donors (Lipinski definition) is 2. The van der Waals surface area contributed by atoms with Crippen LogP contribution in [0.5, 0.6) is 0 Å². The Labute approximate surface area is 194 Å². The molecule has 0 saturated carbocycles. The molecule has 0 aliphatic heterocycles. The maximum Gasteiger partial charge on any atom is 0.223 e. The highest BCUT2D eigenvalue weighted by Crippen LogP contribution is 2.30. The molecule has 1 unspecified atom stereocenters. The fourth-order valence-electron chi connectivity index (χ4n) is 3.81. The van der Waals surface area contributed by atoms with Crippen LogP contribution >= 0.6 is 0 Å². The summed E-state index contributed by atoms with van der Waals surface area (Å²) in [6.07, 6.45) is 6.17. The van der Waals surface area contributed by atoms with Crippen molar-refractivity contribution < 1.29 is 4.39 Å². The first-order chi connectivity index (χ1) is 16.1. The van der Waals surface area contributed by atoms with Gasteiger partial charge in [-0.05, 0) is 41.8 Å². The fraction of sp³-hybridized carbons (Fsp3) is 0.222. The van der Waals surface area contributed by atoms with Crippen molar-refractivity contribution in [2.75, 3.05) is 11.9 Å². The van der Waals surface area contributed by atoms with E-state index in [0.717, 1.165) is 28.8 Å². The first kappa shape index (κ1) is 22.6. The van der Waals surface area contributed by atoms with E-state index in [-0.39, 0.29) is 11.9 Å². The van der Waals surface area contributed by atoms with Gasteiger partial charge in [0.15, 0.2) is 0 Å². The SMILES string of the molecule is CC(C)NC(CNc1ncc(-c2ccc(F)cc2)c(-c2ccncc2)n1)Cc1ccccc1. The number of aromatic nitrogens is 3. The van der Waals surface area contributed by atoms with Crippen LogP contribution in [0.2, 0.25) is 0 Å². The fourth-order valence-corrected chi connectivity index (χ4v) is 3.81. The molecule has 0 aliphatic rings. The second kappa shape index (κ2) is 10.8. The third-order valence-corrected chi connectivity index (χ3v) is 5.30. The first-order valence-electron chi connectivity index (χ1n) is 11.2. The highest BCUT2D eigenvalue weighted by molar-refractivity contribution is 5.80. The summed E-state index contributed by atoms with van der Waals surface area (Å²) >= 11 is 0. The molecule has 4 aromatic rings. The smallest absolute Gasteiger partial charge is 0.223 e. The van der Waals surface area contributed by atoms with Crippen LogP contribution in [0.4, 0.5) is 10.3 Å². The second-order valence-corrected chi connectivity index (χ2v) is 8.29. The minimum Gasteiger partial charge on any atom is -0.353 e. The molecule has 4 rings (SSSR count). The molecule has 0 fully saturated rings. The van der Waals surface area contributed by atoms with Gasteiger partial charge in [0.25, 0.3) is 0 Å². The van der Waals surface area contributed by atoms with Crippen molar-refractivity contribution in [2.24, 2.45) is 0 Å². The number of rotatable bonds is 9. The summed E-state index contributed by atoms with van der Waals surface area (Å²) in [5, 5.41) is 7.03. The van der Waals surface area contributed by atoms with Crippen LogP contribution in [0, 0.1) is 5.82 Å². The summed E-state index contributed by atoms with van der Waals surface area (Å²) in [5.41, 5.74) is 4.68. The van der Waals surface area contributed by atoms with E-state index < -0.39 is 0 Å². The Balaban J connectivity index is 1.59. The van der Waals surface area contributed by atoms with Crippen molar-refractivity contribution in [1.29, 1.82) is 0 Å². The normalized spacial score (nSPS) is 12.0. The topological polar surface area (TPSA) is 62.7 Å². The van der Waals surface area contributed by atoms with E-state index in [4.69, 9.17) is 4.98 Å². The van der Waals surface area contributed by atoms with Crippen LogP contribution in [0.1, 0.15) is 19.4 Å². The molecule has 2 aromatic heterocycles. The van der Waals surface area contributed by atoms with E-state index in [0.29, 0.717) is 18.5 Å². The van der Waals surface area contributed by atoms with E-state index in [1.807, 2.05) is 18.2 Å². The van der Waals surface area contributed by atoms with Gasteiger partial charge in [-0.15, -0.1) is 0 Å². The van der Waals surface area contributed by atoms with Gasteiger partial charge in [-0.2, -0.15) is 0 Å². The van der Waals surface area contributed by atoms with Gasteiger partial charge in [-0.1, -0.05) is 56.3 Å². The zero-order valence-corrected chi connectivity index (χ0v) is 18.9. The molecule has 0 radical (unpaired) electrons. The molecule has 0 bridgehead atoms. The van der Waals surface area contributed by atoms with Gasteiger partial charge in [0.2, 0.25) is 5.95 Å². The molecule has 0 aliphatic carbocycles. The van der Waals surface area contributed by atoms with Crippen molar-refractivity contribution in [1.82, 2.24) is 20.3 Å². The molecule has 168 valence electrons. The van der Waals surface area contributed by atoms with Crippen LogP contribution in [-0.2, 0) is 6.42 Å². The monoisotopic (exact) mass is 441 g/mol. The number of halogens is 1. The molecule has 0 saturated heterocycles. The van der Waals surface area contributed by atoms with Gasteiger partial charge in [0, 0.05) is 48.3 Å². The summed E-state index contributed by atoms with van der Waals surface area (Å²) in [6, 6.07) is 21.2. The molecular weight excluding hydrogens is 413 g/mol. The number of nitrogens with zero attached hydrogens (tertiary/aromatic N) is 3. The van der Waals surface area contributed by atoms with Crippen molar-refractivity contribution in [2.45, 2.75) is 32.4 Å². The van der Waals surface area contributed by atoms with Gasteiger partial charge in [-0.3, -0.25) is 4.98 Å². The summed E-state index contributed by atoms with van der Waals surface area (Å²) in [4.78, 5) is 13.5. The van der Waals surface area contributed by atoms with Crippen LogP contribution < -0.4 is 10.6 Å². The molecule has 0 spiro atoms. The van der Waals surface area contributed by atoms with Crippen LogP contribution in [0.3, 0.4) is 0 Å². The molecule has 2 aromatic carbocycles. The van der Waals surface area contributed by atoms with Crippen LogP contribution in [0.15, 0.2) is 85.3 Å². The molecule has 0 amide bonds. The van der Waals surface area contributed by atoms with Crippen molar-refractivity contribution >= 4 is 5.95 Å². The van der Waals surface area contributed by atoms with Gasteiger partial charge < -0.3 is 10.6 Å². The van der Waals surface area contributed by atoms with Gasteiger partial charge in [0.05, 0.1) is 5.69 Å². The third kappa shape index (κ3) is 6.20. The Morgan fingerprint density at radius 3 is 2.30 bits per heavy atom. The van der Waals surface area contributed by atoms with Gasteiger partial charge in [0.1, 0.15) is 5.82 Å². The number of nitrogens with one attached hydrogen (secondary N) is 2. The molecule has 2 heterocycles. The largest absolute Gasteiger partial charge is 0.353 e. The quantitative estimate of drug-likeness (QED) is 0.366. The third-order valence-electron chi connectivity index (χ3n) is 5.30. The maximum absolute atomic E-state index is 13.5. The molecule has 2 N–H and O–H groups in total. The minimum absolute atomic E-state index is 0.220. The Hall–Kier alpha value is -3.64. The first-order valence-corrected chi connectivity index (χ1v) is 11.2. The summed E-state index contributed by atoms with van der Waals surface area (Å²) < 4.78 is 13.5. The molecule has 33 heavy (non-hydrogen) atoms. The Kier molecular flexibility index (Phi) is 7.37. The molecule has 1 atom stereocenters. The van der Waals surface area contributed by atoms with Crippen molar-refractivity contribution in [3.05, 3.63) is 96.7 Å². The number of benzene rings is 2. The van der Waals surface area contributed by atoms with Crippen molar-refractivity contribution in [3.8, 4) is 22.4 Å². The molecule has 6 heteroatoms. The zero-order valence-electron chi connectivity index (χ0n) is 18.9. The van der Waals surface area contributed by atoms with Crippen molar-refractivity contribution in [3.63, 3.8) is 0 Å². The Morgan fingerprint density at radius 2 is 1.61 bits per heavy atom. The lowest BCUT2D eigenvalue weighted by atomic mass is 10.0. The van der Waals surface area contributed by atoms with Gasteiger partial charge in [-0.25, -0.2) is 14.4 Å².